The lowest BCUT2D eigenvalue weighted by atomic mass is 10.1. The molecule has 2 heterocycles. The van der Waals surface area contributed by atoms with Crippen LogP contribution in [0.1, 0.15) is 23.1 Å². The van der Waals surface area contributed by atoms with Gasteiger partial charge < -0.3 is 19.9 Å². The Labute approximate surface area is 135 Å². The molecule has 0 saturated carbocycles. The molecule has 9 heteroatoms. The van der Waals surface area contributed by atoms with Crippen LogP contribution in [-0.2, 0) is 13.1 Å². The summed E-state index contributed by atoms with van der Waals surface area (Å²) in [6, 6.07) is 2.30. The largest absolute Gasteiger partial charge is 0.476 e. The van der Waals surface area contributed by atoms with E-state index < -0.39 is 23.6 Å². The number of amides is 2. The molecule has 7 nitrogen and oxygen atoms in total. The van der Waals surface area contributed by atoms with Crippen molar-refractivity contribution in [2.75, 3.05) is 5.32 Å². The number of nitrogens with zero attached hydrogens (tertiary/aromatic N) is 3. The summed E-state index contributed by atoms with van der Waals surface area (Å²) in [7, 11) is 0. The normalized spacial score (nSPS) is 16.6. The second-order valence-electron chi connectivity index (χ2n) is 5.53. The maximum atomic E-state index is 13.2. The molecule has 1 atom stereocenters. The van der Waals surface area contributed by atoms with Crippen molar-refractivity contribution >= 4 is 17.7 Å². The number of aromatic nitrogens is 2. The first-order valence-electron chi connectivity index (χ1n) is 7.16. The van der Waals surface area contributed by atoms with Crippen LogP contribution in [0.3, 0.4) is 0 Å². The van der Waals surface area contributed by atoms with E-state index in [1.165, 1.54) is 17.3 Å². The van der Waals surface area contributed by atoms with E-state index in [1.54, 1.807) is 11.5 Å². The lowest BCUT2D eigenvalue weighted by molar-refractivity contribution is 0.0686. The van der Waals surface area contributed by atoms with E-state index in [1.807, 2.05) is 0 Å². The van der Waals surface area contributed by atoms with Gasteiger partial charge in [0, 0.05) is 24.3 Å². The van der Waals surface area contributed by atoms with E-state index in [9.17, 15) is 18.4 Å². The van der Waals surface area contributed by atoms with E-state index in [0.717, 1.165) is 12.1 Å². The number of imidazole rings is 1. The van der Waals surface area contributed by atoms with Crippen LogP contribution in [0.5, 0.6) is 0 Å². The molecule has 1 aliphatic rings. The number of carboxylic acids is 1. The van der Waals surface area contributed by atoms with E-state index >= 15 is 0 Å². The Hall–Kier alpha value is -2.97. The summed E-state index contributed by atoms with van der Waals surface area (Å²) in [5.74, 6) is -3.24. The minimum Gasteiger partial charge on any atom is -0.476 e. The van der Waals surface area contributed by atoms with Gasteiger partial charge in [-0.3, -0.25) is 0 Å². The Morgan fingerprint density at radius 1 is 1.33 bits per heavy atom. The number of benzene rings is 1. The second-order valence-corrected chi connectivity index (χ2v) is 5.53. The molecule has 0 radical (unpaired) electrons. The molecule has 2 N–H and O–H groups in total. The summed E-state index contributed by atoms with van der Waals surface area (Å²) >= 11 is 0. The van der Waals surface area contributed by atoms with E-state index in [-0.39, 0.29) is 24.0 Å². The van der Waals surface area contributed by atoms with Crippen LogP contribution in [0.25, 0.3) is 0 Å². The minimum atomic E-state index is -1.17. The third-order valence-corrected chi connectivity index (χ3v) is 3.89. The predicted octanol–water partition coefficient (Wildman–Crippen LogP) is 2.30. The van der Waals surface area contributed by atoms with Gasteiger partial charge in [0.25, 0.3) is 0 Å². The van der Waals surface area contributed by atoms with E-state index in [2.05, 4.69) is 10.3 Å². The zero-order chi connectivity index (χ0) is 17.4. The molecule has 0 fully saturated rings. The standard InChI is InChI=1S/C15H14F2N4O3/c1-8-5-20-7-18-13(14(22)23)12(20)6-21(8)15(24)19-9-2-3-10(16)11(17)4-9/h2-4,7-8H,5-6H2,1H3,(H,19,24)(H,22,23)/t8-/m0/s1. The average molecular weight is 336 g/mol. The first-order chi connectivity index (χ1) is 11.4. The zero-order valence-corrected chi connectivity index (χ0v) is 12.7. The van der Waals surface area contributed by atoms with Crippen LogP contribution in [0.4, 0.5) is 19.3 Å². The highest BCUT2D eigenvalue weighted by atomic mass is 19.2. The number of nitrogens with one attached hydrogen (secondary N) is 1. The number of anilines is 1. The number of fused-ring (bicyclic) bond motifs is 1. The van der Waals surface area contributed by atoms with Gasteiger partial charge in [-0.25, -0.2) is 23.4 Å². The number of halogens is 2. The third-order valence-electron chi connectivity index (χ3n) is 3.89. The van der Waals surface area contributed by atoms with Gasteiger partial charge in [-0.1, -0.05) is 0 Å². The van der Waals surface area contributed by atoms with E-state index in [4.69, 9.17) is 5.11 Å². The maximum absolute atomic E-state index is 13.2. The van der Waals surface area contributed by atoms with Crippen molar-refractivity contribution in [3.05, 3.63) is 47.5 Å². The van der Waals surface area contributed by atoms with Gasteiger partial charge in [-0.05, 0) is 19.1 Å². The SMILES string of the molecule is C[C@H]1Cn2cnc(C(=O)O)c2CN1C(=O)Nc1ccc(F)c(F)c1. The molecule has 2 amide bonds. The van der Waals surface area contributed by atoms with Crippen LogP contribution < -0.4 is 5.32 Å². The quantitative estimate of drug-likeness (QED) is 0.881. The summed E-state index contributed by atoms with van der Waals surface area (Å²) in [6.07, 6.45) is 1.43. The summed E-state index contributed by atoms with van der Waals surface area (Å²) in [4.78, 5) is 28.9. The number of hydrogen-bond acceptors (Lipinski definition) is 3. The molecule has 0 unspecified atom stereocenters. The molecule has 0 aliphatic carbocycles. The van der Waals surface area contributed by atoms with Gasteiger partial charge in [0.05, 0.1) is 18.6 Å². The van der Waals surface area contributed by atoms with Crippen LogP contribution >= 0.6 is 0 Å². The maximum Gasteiger partial charge on any atom is 0.356 e. The molecular formula is C15H14F2N4O3. The van der Waals surface area contributed by atoms with Crippen molar-refractivity contribution in [2.24, 2.45) is 0 Å². The highest BCUT2D eigenvalue weighted by Crippen LogP contribution is 2.22. The molecular weight excluding hydrogens is 322 g/mol. The number of urea groups is 1. The number of hydrogen-bond donors (Lipinski definition) is 2. The van der Waals surface area contributed by atoms with Crippen molar-refractivity contribution in [2.45, 2.75) is 26.1 Å². The molecule has 1 aliphatic heterocycles. The number of carbonyl (C=O) groups is 2. The first-order valence-corrected chi connectivity index (χ1v) is 7.16. The fraction of sp³-hybridized carbons (Fsp3) is 0.267. The topological polar surface area (TPSA) is 87.5 Å². The molecule has 2 aromatic rings. The molecule has 0 bridgehead atoms. The van der Waals surface area contributed by atoms with Crippen molar-refractivity contribution in [3.8, 4) is 0 Å². The first kappa shape index (κ1) is 15.9. The number of aromatic carboxylic acids is 1. The molecule has 0 spiro atoms. The third kappa shape index (κ3) is 2.80. The molecule has 1 aromatic heterocycles. The molecule has 24 heavy (non-hydrogen) atoms. The van der Waals surface area contributed by atoms with Crippen molar-refractivity contribution in [1.82, 2.24) is 14.5 Å². The van der Waals surface area contributed by atoms with Crippen molar-refractivity contribution in [1.29, 1.82) is 0 Å². The highest BCUT2D eigenvalue weighted by molar-refractivity contribution is 5.90. The van der Waals surface area contributed by atoms with Gasteiger partial charge in [0.15, 0.2) is 17.3 Å². The number of carboxylic acid groups (broad SMARTS) is 1. The smallest absolute Gasteiger partial charge is 0.356 e. The molecule has 1 aromatic carbocycles. The Morgan fingerprint density at radius 2 is 2.08 bits per heavy atom. The lowest BCUT2D eigenvalue weighted by Gasteiger charge is -2.34. The summed E-state index contributed by atoms with van der Waals surface area (Å²) in [6.45, 7) is 2.24. The monoisotopic (exact) mass is 336 g/mol. The lowest BCUT2D eigenvalue weighted by Crippen LogP contribution is -2.46. The Balaban J connectivity index is 1.80. The molecule has 3 rings (SSSR count). The van der Waals surface area contributed by atoms with Gasteiger partial charge >= 0.3 is 12.0 Å². The zero-order valence-electron chi connectivity index (χ0n) is 12.7. The average Bonchev–Trinajstić information content (AvgIpc) is 2.92. The Morgan fingerprint density at radius 3 is 2.75 bits per heavy atom. The number of rotatable bonds is 2. The molecule has 126 valence electrons. The summed E-state index contributed by atoms with van der Waals surface area (Å²) < 4.78 is 27.9. The predicted molar refractivity (Wildman–Crippen MR) is 79.6 cm³/mol. The number of carbonyl (C=O) groups excluding carboxylic acids is 1. The van der Waals surface area contributed by atoms with Crippen molar-refractivity contribution in [3.63, 3.8) is 0 Å². The second kappa shape index (κ2) is 5.91. The van der Waals surface area contributed by atoms with Crippen molar-refractivity contribution < 1.29 is 23.5 Å². The fourth-order valence-corrected chi connectivity index (χ4v) is 2.65. The van der Waals surface area contributed by atoms with E-state index in [0.29, 0.717) is 12.2 Å². The highest BCUT2D eigenvalue weighted by Gasteiger charge is 2.31. The fourth-order valence-electron chi connectivity index (χ4n) is 2.65. The van der Waals surface area contributed by atoms with Gasteiger partial charge in [-0.2, -0.15) is 0 Å². The molecule has 0 saturated heterocycles. The minimum absolute atomic E-state index is 0.0539. The van der Waals surface area contributed by atoms with Gasteiger partial charge in [0.1, 0.15) is 0 Å². The van der Waals surface area contributed by atoms with Crippen LogP contribution in [0.2, 0.25) is 0 Å². The van der Waals surface area contributed by atoms with Crippen LogP contribution in [0, 0.1) is 11.6 Å². The van der Waals surface area contributed by atoms with Gasteiger partial charge in [-0.15, -0.1) is 0 Å². The summed E-state index contributed by atoms with van der Waals surface area (Å²) in [5.41, 5.74) is 0.428. The Kier molecular flexibility index (Phi) is 3.92. The van der Waals surface area contributed by atoms with Crippen LogP contribution in [0.15, 0.2) is 24.5 Å². The Bertz CT molecular complexity index is 821. The van der Waals surface area contributed by atoms with Crippen LogP contribution in [-0.4, -0.2) is 37.6 Å². The van der Waals surface area contributed by atoms with Gasteiger partial charge in [0.2, 0.25) is 0 Å². The summed E-state index contributed by atoms with van der Waals surface area (Å²) in [5, 5.41) is 11.6.